The van der Waals surface area contributed by atoms with Crippen molar-refractivity contribution in [2.24, 2.45) is 5.73 Å². The highest BCUT2D eigenvalue weighted by Crippen LogP contribution is 2.24. The number of nitrogens with two attached hydrogens (primary N) is 1. The molecule has 2 aromatic rings. The standard InChI is InChI=1S/C16H18N2O2/c1-2-15(16(17)19)18-12-7-6-10-14(11-12)20-13-8-4-3-5-9-13/h3-11,15,18H,2H2,1H3,(H2,17,19). The Bertz CT molecular complexity index is 570. The third kappa shape index (κ3) is 3.75. The number of benzene rings is 2. The van der Waals surface area contributed by atoms with E-state index in [9.17, 15) is 4.79 Å². The molecule has 104 valence electrons. The number of carbonyl (C=O) groups is 1. The van der Waals surface area contributed by atoms with Crippen molar-refractivity contribution in [3.8, 4) is 11.5 Å². The number of hydrogen-bond acceptors (Lipinski definition) is 3. The van der Waals surface area contributed by atoms with Crippen molar-refractivity contribution < 1.29 is 9.53 Å². The molecule has 1 atom stereocenters. The number of hydrogen-bond donors (Lipinski definition) is 2. The van der Waals surface area contributed by atoms with E-state index in [0.717, 1.165) is 11.4 Å². The minimum absolute atomic E-state index is 0.359. The molecule has 0 aliphatic heterocycles. The molecule has 0 radical (unpaired) electrons. The topological polar surface area (TPSA) is 64.3 Å². The largest absolute Gasteiger partial charge is 0.457 e. The number of carbonyl (C=O) groups excluding carboxylic acids is 1. The van der Waals surface area contributed by atoms with Gasteiger partial charge in [0.1, 0.15) is 17.5 Å². The number of nitrogens with one attached hydrogen (secondary N) is 1. The van der Waals surface area contributed by atoms with Gasteiger partial charge in [0, 0.05) is 11.8 Å². The number of rotatable bonds is 6. The summed E-state index contributed by atoms with van der Waals surface area (Å²) >= 11 is 0. The lowest BCUT2D eigenvalue weighted by Gasteiger charge is -2.15. The lowest BCUT2D eigenvalue weighted by Crippen LogP contribution is -2.34. The summed E-state index contributed by atoms with van der Waals surface area (Å²) in [4.78, 5) is 11.2. The summed E-state index contributed by atoms with van der Waals surface area (Å²) < 4.78 is 5.74. The predicted octanol–water partition coefficient (Wildman–Crippen LogP) is 3.15. The minimum atomic E-state index is -0.373. The summed E-state index contributed by atoms with van der Waals surface area (Å²) in [7, 11) is 0. The van der Waals surface area contributed by atoms with E-state index in [4.69, 9.17) is 10.5 Å². The van der Waals surface area contributed by atoms with Gasteiger partial charge in [0.2, 0.25) is 5.91 Å². The van der Waals surface area contributed by atoms with Gasteiger partial charge in [-0.1, -0.05) is 31.2 Å². The number of para-hydroxylation sites is 1. The summed E-state index contributed by atoms with van der Waals surface area (Å²) in [6, 6.07) is 16.6. The van der Waals surface area contributed by atoms with E-state index in [2.05, 4.69) is 5.32 Å². The lowest BCUT2D eigenvalue weighted by atomic mass is 10.2. The van der Waals surface area contributed by atoms with E-state index in [1.165, 1.54) is 0 Å². The highest BCUT2D eigenvalue weighted by atomic mass is 16.5. The molecule has 2 aromatic carbocycles. The second kappa shape index (κ2) is 6.61. The number of primary amides is 1. The van der Waals surface area contributed by atoms with Crippen molar-refractivity contribution in [2.45, 2.75) is 19.4 Å². The molecule has 0 aliphatic rings. The molecule has 0 saturated carbocycles. The van der Waals surface area contributed by atoms with Crippen LogP contribution in [0.2, 0.25) is 0 Å². The summed E-state index contributed by atoms with van der Waals surface area (Å²) in [5, 5.41) is 3.10. The minimum Gasteiger partial charge on any atom is -0.457 e. The Kier molecular flexibility index (Phi) is 4.60. The fourth-order valence-corrected chi connectivity index (χ4v) is 1.85. The Morgan fingerprint density at radius 1 is 1.15 bits per heavy atom. The molecular formula is C16H18N2O2. The summed E-state index contributed by atoms with van der Waals surface area (Å²) in [5.74, 6) is 1.12. The van der Waals surface area contributed by atoms with Crippen LogP contribution in [0.5, 0.6) is 11.5 Å². The molecule has 0 saturated heterocycles. The normalized spacial score (nSPS) is 11.7. The van der Waals surface area contributed by atoms with Gasteiger partial charge in [-0.05, 0) is 30.7 Å². The second-order valence-corrected chi connectivity index (χ2v) is 4.45. The fraction of sp³-hybridized carbons (Fsp3) is 0.188. The molecule has 20 heavy (non-hydrogen) atoms. The van der Waals surface area contributed by atoms with E-state index in [1.54, 1.807) is 0 Å². The molecule has 1 unspecified atom stereocenters. The van der Waals surface area contributed by atoms with Gasteiger partial charge in [-0.25, -0.2) is 0 Å². The zero-order valence-electron chi connectivity index (χ0n) is 11.4. The molecule has 4 nitrogen and oxygen atoms in total. The van der Waals surface area contributed by atoms with Gasteiger partial charge >= 0.3 is 0 Å². The van der Waals surface area contributed by atoms with Crippen LogP contribution in [0.1, 0.15) is 13.3 Å². The molecule has 3 N–H and O–H groups in total. The average molecular weight is 270 g/mol. The van der Waals surface area contributed by atoms with Gasteiger partial charge in [-0.2, -0.15) is 0 Å². The first-order valence-electron chi connectivity index (χ1n) is 6.58. The van der Waals surface area contributed by atoms with Crippen molar-refractivity contribution in [3.05, 3.63) is 54.6 Å². The first-order valence-corrected chi connectivity index (χ1v) is 6.58. The fourth-order valence-electron chi connectivity index (χ4n) is 1.85. The molecule has 0 aromatic heterocycles. The molecule has 0 fully saturated rings. The van der Waals surface area contributed by atoms with E-state index >= 15 is 0 Å². The molecule has 2 rings (SSSR count). The van der Waals surface area contributed by atoms with Gasteiger partial charge in [-0.3, -0.25) is 4.79 Å². The van der Waals surface area contributed by atoms with Crippen LogP contribution in [-0.4, -0.2) is 11.9 Å². The number of anilines is 1. The van der Waals surface area contributed by atoms with Gasteiger partial charge in [0.25, 0.3) is 0 Å². The van der Waals surface area contributed by atoms with Crippen molar-refractivity contribution in [1.82, 2.24) is 0 Å². The second-order valence-electron chi connectivity index (χ2n) is 4.45. The molecular weight excluding hydrogens is 252 g/mol. The third-order valence-electron chi connectivity index (χ3n) is 2.91. The first-order chi connectivity index (χ1) is 9.69. The van der Waals surface area contributed by atoms with Gasteiger partial charge in [0.05, 0.1) is 0 Å². The third-order valence-corrected chi connectivity index (χ3v) is 2.91. The first kappa shape index (κ1) is 13.9. The van der Waals surface area contributed by atoms with Crippen LogP contribution in [0, 0.1) is 0 Å². The smallest absolute Gasteiger partial charge is 0.239 e. The van der Waals surface area contributed by atoms with Crippen LogP contribution >= 0.6 is 0 Å². The zero-order valence-corrected chi connectivity index (χ0v) is 11.4. The van der Waals surface area contributed by atoms with Crippen LogP contribution in [0.25, 0.3) is 0 Å². The van der Waals surface area contributed by atoms with Crippen LogP contribution in [0.3, 0.4) is 0 Å². The maximum absolute atomic E-state index is 11.2. The Balaban J connectivity index is 2.10. The number of ether oxygens (including phenoxy) is 1. The zero-order chi connectivity index (χ0) is 14.4. The monoisotopic (exact) mass is 270 g/mol. The van der Waals surface area contributed by atoms with Gasteiger partial charge in [-0.15, -0.1) is 0 Å². The molecule has 4 heteroatoms. The average Bonchev–Trinajstić information content (AvgIpc) is 2.46. The van der Waals surface area contributed by atoms with E-state index in [-0.39, 0.29) is 11.9 Å². The maximum Gasteiger partial charge on any atom is 0.239 e. The van der Waals surface area contributed by atoms with Gasteiger partial charge < -0.3 is 15.8 Å². The van der Waals surface area contributed by atoms with Crippen LogP contribution < -0.4 is 15.8 Å². The Morgan fingerprint density at radius 3 is 2.50 bits per heavy atom. The molecule has 0 spiro atoms. The molecule has 1 amide bonds. The van der Waals surface area contributed by atoms with Crippen LogP contribution in [0.15, 0.2) is 54.6 Å². The van der Waals surface area contributed by atoms with E-state index < -0.39 is 0 Å². The van der Waals surface area contributed by atoms with E-state index in [0.29, 0.717) is 12.2 Å². The molecule has 0 heterocycles. The quantitative estimate of drug-likeness (QED) is 0.847. The Morgan fingerprint density at radius 2 is 1.85 bits per heavy atom. The van der Waals surface area contributed by atoms with Gasteiger partial charge in [0.15, 0.2) is 0 Å². The van der Waals surface area contributed by atoms with Crippen molar-refractivity contribution in [2.75, 3.05) is 5.32 Å². The molecule has 0 bridgehead atoms. The summed E-state index contributed by atoms with van der Waals surface area (Å²) in [6.45, 7) is 1.91. The van der Waals surface area contributed by atoms with Crippen LogP contribution in [0.4, 0.5) is 5.69 Å². The number of amides is 1. The van der Waals surface area contributed by atoms with Crippen molar-refractivity contribution >= 4 is 11.6 Å². The van der Waals surface area contributed by atoms with Crippen molar-refractivity contribution in [3.63, 3.8) is 0 Å². The summed E-state index contributed by atoms with van der Waals surface area (Å²) in [6.07, 6.45) is 0.638. The van der Waals surface area contributed by atoms with Crippen molar-refractivity contribution in [1.29, 1.82) is 0 Å². The molecule has 0 aliphatic carbocycles. The van der Waals surface area contributed by atoms with E-state index in [1.807, 2.05) is 61.5 Å². The highest BCUT2D eigenvalue weighted by Gasteiger charge is 2.12. The Labute approximate surface area is 118 Å². The predicted molar refractivity (Wildman–Crippen MR) is 79.9 cm³/mol. The van der Waals surface area contributed by atoms with Crippen LogP contribution in [-0.2, 0) is 4.79 Å². The summed E-state index contributed by atoms with van der Waals surface area (Å²) in [5.41, 5.74) is 6.13. The highest BCUT2D eigenvalue weighted by molar-refractivity contribution is 5.82. The lowest BCUT2D eigenvalue weighted by molar-refractivity contribution is -0.118. The maximum atomic E-state index is 11.2. The SMILES string of the molecule is CCC(Nc1cccc(Oc2ccccc2)c1)C(N)=O. The Hall–Kier alpha value is -2.49.